The molecule has 0 aliphatic heterocycles. The lowest BCUT2D eigenvalue weighted by molar-refractivity contribution is -0.537. The second-order valence-electron chi connectivity index (χ2n) is 3.96. The van der Waals surface area contributed by atoms with Gasteiger partial charge in [-0.05, 0) is 18.8 Å². The van der Waals surface area contributed by atoms with Crippen LogP contribution in [0, 0.1) is 22.0 Å². The Morgan fingerprint density at radius 2 is 2.15 bits per heavy atom. The molecule has 0 bridgehead atoms. The molecular formula is C9H17NO3. The largest absolute Gasteiger partial charge is 0.396 e. The number of nitro groups is 1. The Morgan fingerprint density at radius 1 is 1.54 bits per heavy atom. The zero-order valence-corrected chi connectivity index (χ0v) is 7.98. The lowest BCUT2D eigenvalue weighted by atomic mass is 9.78. The maximum absolute atomic E-state index is 10.7. The van der Waals surface area contributed by atoms with Gasteiger partial charge in [0, 0.05) is 23.9 Å². The van der Waals surface area contributed by atoms with Crippen LogP contribution in [0.5, 0.6) is 0 Å². The van der Waals surface area contributed by atoms with Gasteiger partial charge in [-0.3, -0.25) is 10.1 Å². The molecule has 0 amide bonds. The van der Waals surface area contributed by atoms with Gasteiger partial charge in [-0.25, -0.2) is 0 Å². The third-order valence-corrected chi connectivity index (χ3v) is 3.07. The first-order chi connectivity index (χ1) is 6.16. The van der Waals surface area contributed by atoms with Crippen molar-refractivity contribution in [2.24, 2.45) is 11.8 Å². The summed E-state index contributed by atoms with van der Waals surface area (Å²) >= 11 is 0. The van der Waals surface area contributed by atoms with E-state index in [1.165, 1.54) is 0 Å². The van der Waals surface area contributed by atoms with Gasteiger partial charge in [0.2, 0.25) is 6.04 Å². The highest BCUT2D eigenvalue weighted by atomic mass is 16.6. The Morgan fingerprint density at radius 3 is 2.69 bits per heavy atom. The molecule has 1 aliphatic carbocycles. The molecule has 4 heteroatoms. The number of hydrogen-bond acceptors (Lipinski definition) is 3. The molecule has 4 nitrogen and oxygen atoms in total. The Labute approximate surface area is 78.1 Å². The monoisotopic (exact) mass is 187 g/mol. The normalized spacial score (nSPS) is 31.2. The van der Waals surface area contributed by atoms with Crippen LogP contribution in [-0.4, -0.2) is 22.7 Å². The van der Waals surface area contributed by atoms with Gasteiger partial charge in [0.05, 0.1) is 0 Å². The Bertz CT molecular complexity index is 184. The minimum absolute atomic E-state index is 0.0645. The van der Waals surface area contributed by atoms with E-state index in [1.54, 1.807) is 0 Å². The van der Waals surface area contributed by atoms with Gasteiger partial charge in [-0.2, -0.15) is 0 Å². The first-order valence-corrected chi connectivity index (χ1v) is 4.91. The fourth-order valence-corrected chi connectivity index (χ4v) is 2.20. The molecule has 0 heterocycles. The van der Waals surface area contributed by atoms with E-state index in [4.69, 9.17) is 5.11 Å². The molecule has 76 valence electrons. The lowest BCUT2D eigenvalue weighted by Crippen LogP contribution is -2.37. The Kier molecular flexibility index (Phi) is 3.66. The van der Waals surface area contributed by atoms with Crippen molar-refractivity contribution in [1.82, 2.24) is 0 Å². The van der Waals surface area contributed by atoms with Crippen LogP contribution in [0.3, 0.4) is 0 Å². The smallest absolute Gasteiger partial charge is 0.216 e. The predicted octanol–water partition coefficient (Wildman–Crippen LogP) is 1.45. The molecule has 3 atom stereocenters. The van der Waals surface area contributed by atoms with E-state index in [0.29, 0.717) is 6.42 Å². The first-order valence-electron chi connectivity index (χ1n) is 4.91. The average molecular weight is 187 g/mol. The standard InChI is InChI=1S/C9H17NO3/c1-7(6-11)8-4-2-3-5-9(8)10(12)13/h7-9,11H,2-6H2,1H3/t7?,8-,9-/m0/s1. The molecule has 1 unspecified atom stereocenters. The summed E-state index contributed by atoms with van der Waals surface area (Å²) in [4.78, 5) is 10.5. The van der Waals surface area contributed by atoms with Crippen molar-refractivity contribution in [2.75, 3.05) is 6.61 Å². The minimum Gasteiger partial charge on any atom is -0.396 e. The number of aliphatic hydroxyl groups excluding tert-OH is 1. The summed E-state index contributed by atoms with van der Waals surface area (Å²) in [5.41, 5.74) is 0. The zero-order valence-electron chi connectivity index (χ0n) is 7.98. The van der Waals surface area contributed by atoms with Crippen molar-refractivity contribution in [3.63, 3.8) is 0 Å². The summed E-state index contributed by atoms with van der Waals surface area (Å²) in [7, 11) is 0. The van der Waals surface area contributed by atoms with Crippen molar-refractivity contribution in [3.05, 3.63) is 10.1 Å². The molecule has 1 rings (SSSR count). The average Bonchev–Trinajstić information content (AvgIpc) is 2.16. The van der Waals surface area contributed by atoms with Crippen molar-refractivity contribution in [2.45, 2.75) is 38.6 Å². The van der Waals surface area contributed by atoms with Crippen LogP contribution in [-0.2, 0) is 0 Å². The van der Waals surface area contributed by atoms with E-state index in [1.807, 2.05) is 6.92 Å². The van der Waals surface area contributed by atoms with E-state index in [2.05, 4.69) is 0 Å². The van der Waals surface area contributed by atoms with Gasteiger partial charge < -0.3 is 5.11 Å². The van der Waals surface area contributed by atoms with E-state index >= 15 is 0 Å². The van der Waals surface area contributed by atoms with Gasteiger partial charge in [-0.1, -0.05) is 13.3 Å². The summed E-state index contributed by atoms with van der Waals surface area (Å²) in [6.07, 6.45) is 3.61. The fourth-order valence-electron chi connectivity index (χ4n) is 2.20. The molecule has 0 radical (unpaired) electrons. The van der Waals surface area contributed by atoms with Crippen LogP contribution >= 0.6 is 0 Å². The highest BCUT2D eigenvalue weighted by Gasteiger charge is 2.36. The summed E-state index contributed by atoms with van der Waals surface area (Å²) in [6, 6.07) is -0.420. The van der Waals surface area contributed by atoms with Gasteiger partial charge in [0.25, 0.3) is 0 Å². The molecule has 1 saturated carbocycles. The minimum atomic E-state index is -0.420. The molecule has 0 aromatic carbocycles. The number of rotatable bonds is 3. The molecule has 0 aromatic heterocycles. The second kappa shape index (κ2) is 4.56. The van der Waals surface area contributed by atoms with Gasteiger partial charge in [0.1, 0.15) is 0 Å². The number of nitrogens with zero attached hydrogens (tertiary/aromatic N) is 1. The molecule has 0 spiro atoms. The quantitative estimate of drug-likeness (QED) is 0.537. The van der Waals surface area contributed by atoms with E-state index < -0.39 is 6.04 Å². The van der Waals surface area contributed by atoms with E-state index in [-0.39, 0.29) is 23.4 Å². The second-order valence-corrected chi connectivity index (χ2v) is 3.96. The summed E-state index contributed by atoms with van der Waals surface area (Å²) in [5.74, 6) is 0.143. The number of aliphatic hydroxyl groups is 1. The van der Waals surface area contributed by atoms with Crippen LogP contribution in [0.15, 0.2) is 0 Å². The molecule has 0 saturated heterocycles. The van der Waals surface area contributed by atoms with Crippen LogP contribution in [0.1, 0.15) is 32.6 Å². The third kappa shape index (κ3) is 2.40. The lowest BCUT2D eigenvalue weighted by Gasteiger charge is -2.29. The summed E-state index contributed by atoms with van der Waals surface area (Å²) in [6.45, 7) is 1.96. The molecule has 0 aromatic rings. The molecule has 13 heavy (non-hydrogen) atoms. The summed E-state index contributed by atoms with van der Waals surface area (Å²) in [5, 5.41) is 19.7. The zero-order chi connectivity index (χ0) is 9.84. The van der Waals surface area contributed by atoms with Crippen LogP contribution in [0.2, 0.25) is 0 Å². The van der Waals surface area contributed by atoms with Gasteiger partial charge in [0.15, 0.2) is 0 Å². The molecule has 1 aliphatic rings. The number of hydrogen-bond donors (Lipinski definition) is 1. The summed E-state index contributed by atoms with van der Waals surface area (Å²) < 4.78 is 0. The van der Waals surface area contributed by atoms with Crippen LogP contribution < -0.4 is 0 Å². The van der Waals surface area contributed by atoms with Crippen molar-refractivity contribution in [1.29, 1.82) is 0 Å². The van der Waals surface area contributed by atoms with Crippen molar-refractivity contribution >= 4 is 0 Å². The fraction of sp³-hybridized carbons (Fsp3) is 1.00. The Hall–Kier alpha value is -0.640. The predicted molar refractivity (Wildman–Crippen MR) is 49.0 cm³/mol. The first kappa shape index (κ1) is 10.4. The van der Waals surface area contributed by atoms with Crippen LogP contribution in [0.4, 0.5) is 0 Å². The van der Waals surface area contributed by atoms with E-state index in [0.717, 1.165) is 19.3 Å². The maximum Gasteiger partial charge on any atom is 0.216 e. The SMILES string of the molecule is CC(CO)[C@@H]1CCCC[C@@H]1[N+](=O)[O-]. The molecule has 1 N–H and O–H groups in total. The van der Waals surface area contributed by atoms with Gasteiger partial charge >= 0.3 is 0 Å². The van der Waals surface area contributed by atoms with E-state index in [9.17, 15) is 10.1 Å². The van der Waals surface area contributed by atoms with Crippen molar-refractivity contribution < 1.29 is 10.0 Å². The topological polar surface area (TPSA) is 63.4 Å². The van der Waals surface area contributed by atoms with Crippen LogP contribution in [0.25, 0.3) is 0 Å². The van der Waals surface area contributed by atoms with Crippen molar-refractivity contribution in [3.8, 4) is 0 Å². The molecule has 1 fully saturated rings. The highest BCUT2D eigenvalue weighted by Crippen LogP contribution is 2.31. The molecular weight excluding hydrogens is 170 g/mol. The maximum atomic E-state index is 10.7. The Balaban J connectivity index is 2.61. The highest BCUT2D eigenvalue weighted by molar-refractivity contribution is 4.78. The van der Waals surface area contributed by atoms with Gasteiger partial charge in [-0.15, -0.1) is 0 Å². The third-order valence-electron chi connectivity index (χ3n) is 3.07.